The zero-order chi connectivity index (χ0) is 21.6. The summed E-state index contributed by atoms with van der Waals surface area (Å²) in [7, 11) is 0. The molecule has 0 bridgehead atoms. The van der Waals surface area contributed by atoms with Crippen molar-refractivity contribution in [3.8, 4) is 11.1 Å². The Balaban J connectivity index is 1.66. The van der Waals surface area contributed by atoms with Crippen LogP contribution in [0.25, 0.3) is 11.1 Å². The van der Waals surface area contributed by atoms with Gasteiger partial charge in [-0.25, -0.2) is 0 Å². The predicted molar refractivity (Wildman–Crippen MR) is 135 cm³/mol. The lowest BCUT2D eigenvalue weighted by molar-refractivity contribution is 0.866. The van der Waals surface area contributed by atoms with Gasteiger partial charge in [0.15, 0.2) is 0 Å². The molecule has 0 fully saturated rings. The van der Waals surface area contributed by atoms with Crippen molar-refractivity contribution in [3.05, 3.63) is 109 Å². The first-order chi connectivity index (χ1) is 15.2. The van der Waals surface area contributed by atoms with Crippen LogP contribution in [0.1, 0.15) is 19.4 Å². The second-order valence-corrected chi connectivity index (χ2v) is 7.78. The smallest absolute Gasteiger partial charge is 0.0464 e. The number of para-hydroxylation sites is 1. The van der Waals surface area contributed by atoms with Gasteiger partial charge in [0.1, 0.15) is 0 Å². The van der Waals surface area contributed by atoms with Gasteiger partial charge in [-0.05, 0) is 86.0 Å². The van der Waals surface area contributed by atoms with Gasteiger partial charge in [-0.2, -0.15) is 0 Å². The molecule has 2 nitrogen and oxygen atoms in total. The van der Waals surface area contributed by atoms with E-state index < -0.39 is 0 Å². The monoisotopic (exact) mass is 406 g/mol. The van der Waals surface area contributed by atoms with E-state index in [9.17, 15) is 0 Å². The Labute approximate surface area is 186 Å². The Morgan fingerprint density at radius 1 is 0.516 bits per heavy atom. The number of aryl methyl sites for hydroxylation is 1. The molecule has 0 aliphatic rings. The zero-order valence-electron chi connectivity index (χ0n) is 18.6. The summed E-state index contributed by atoms with van der Waals surface area (Å²) < 4.78 is 0. The first-order valence-electron chi connectivity index (χ1n) is 11.1. The van der Waals surface area contributed by atoms with Gasteiger partial charge < -0.3 is 9.80 Å². The van der Waals surface area contributed by atoms with Crippen molar-refractivity contribution in [1.29, 1.82) is 0 Å². The van der Waals surface area contributed by atoms with E-state index >= 15 is 0 Å². The van der Waals surface area contributed by atoms with Crippen molar-refractivity contribution in [2.75, 3.05) is 22.9 Å². The highest BCUT2D eigenvalue weighted by molar-refractivity contribution is 5.78. The maximum absolute atomic E-state index is 2.37. The van der Waals surface area contributed by atoms with Crippen molar-refractivity contribution < 1.29 is 0 Å². The Hall–Kier alpha value is -3.52. The van der Waals surface area contributed by atoms with Crippen LogP contribution in [0, 0.1) is 6.92 Å². The summed E-state index contributed by atoms with van der Waals surface area (Å²) in [5.74, 6) is 0. The molecular formula is C29H30N2. The molecular weight excluding hydrogens is 376 g/mol. The molecule has 31 heavy (non-hydrogen) atoms. The molecule has 0 atom stereocenters. The fourth-order valence-electron chi connectivity index (χ4n) is 4.05. The highest BCUT2D eigenvalue weighted by Gasteiger charge is 2.12. The molecule has 0 radical (unpaired) electrons. The molecule has 0 aliphatic heterocycles. The summed E-state index contributed by atoms with van der Waals surface area (Å²) in [6.45, 7) is 8.58. The number of hydrogen-bond donors (Lipinski definition) is 0. The van der Waals surface area contributed by atoms with Crippen LogP contribution in [0.3, 0.4) is 0 Å². The molecule has 0 N–H and O–H groups in total. The molecule has 0 heterocycles. The minimum Gasteiger partial charge on any atom is -0.372 e. The molecule has 156 valence electrons. The summed E-state index contributed by atoms with van der Waals surface area (Å²) >= 11 is 0. The van der Waals surface area contributed by atoms with E-state index in [0.29, 0.717) is 0 Å². The van der Waals surface area contributed by atoms with Crippen LogP contribution in [0.4, 0.5) is 22.7 Å². The van der Waals surface area contributed by atoms with Crippen LogP contribution in [0.15, 0.2) is 103 Å². The third-order valence-electron chi connectivity index (χ3n) is 5.73. The lowest BCUT2D eigenvalue weighted by Gasteiger charge is -2.26. The van der Waals surface area contributed by atoms with Crippen LogP contribution < -0.4 is 9.80 Å². The van der Waals surface area contributed by atoms with Crippen LogP contribution >= 0.6 is 0 Å². The number of anilines is 4. The van der Waals surface area contributed by atoms with Crippen molar-refractivity contribution in [2.24, 2.45) is 0 Å². The van der Waals surface area contributed by atoms with Gasteiger partial charge in [0.05, 0.1) is 0 Å². The number of hydrogen-bond acceptors (Lipinski definition) is 2. The Morgan fingerprint density at radius 3 is 1.58 bits per heavy atom. The van der Waals surface area contributed by atoms with Crippen LogP contribution in [0.5, 0.6) is 0 Å². The molecule has 0 aromatic heterocycles. The molecule has 0 unspecified atom stereocenters. The highest BCUT2D eigenvalue weighted by atomic mass is 15.1. The summed E-state index contributed by atoms with van der Waals surface area (Å²) in [5, 5.41) is 0. The summed E-state index contributed by atoms with van der Waals surface area (Å²) in [6.07, 6.45) is 0. The van der Waals surface area contributed by atoms with Gasteiger partial charge in [-0.1, -0.05) is 54.6 Å². The fraction of sp³-hybridized carbons (Fsp3) is 0.172. The summed E-state index contributed by atoms with van der Waals surface area (Å²) in [6, 6.07) is 36.9. The van der Waals surface area contributed by atoms with Crippen molar-refractivity contribution in [2.45, 2.75) is 20.8 Å². The van der Waals surface area contributed by atoms with E-state index in [1.54, 1.807) is 0 Å². The third-order valence-corrected chi connectivity index (χ3v) is 5.73. The van der Waals surface area contributed by atoms with Gasteiger partial charge >= 0.3 is 0 Å². The first-order valence-corrected chi connectivity index (χ1v) is 11.1. The van der Waals surface area contributed by atoms with Gasteiger partial charge in [0.25, 0.3) is 0 Å². The quantitative estimate of drug-likeness (QED) is 0.307. The largest absolute Gasteiger partial charge is 0.372 e. The molecule has 0 saturated carbocycles. The van der Waals surface area contributed by atoms with Gasteiger partial charge in [-0.3, -0.25) is 0 Å². The van der Waals surface area contributed by atoms with Gasteiger partial charge in [-0.15, -0.1) is 0 Å². The number of benzene rings is 4. The third kappa shape index (κ3) is 4.64. The van der Waals surface area contributed by atoms with Crippen LogP contribution in [0.2, 0.25) is 0 Å². The van der Waals surface area contributed by atoms with E-state index in [4.69, 9.17) is 0 Å². The summed E-state index contributed by atoms with van der Waals surface area (Å²) in [5.41, 5.74) is 8.48. The van der Waals surface area contributed by atoms with Crippen molar-refractivity contribution in [1.82, 2.24) is 0 Å². The lowest BCUT2D eigenvalue weighted by atomic mass is 10.0. The van der Waals surface area contributed by atoms with Crippen molar-refractivity contribution >= 4 is 22.7 Å². The average Bonchev–Trinajstić information content (AvgIpc) is 2.82. The zero-order valence-corrected chi connectivity index (χ0v) is 18.6. The van der Waals surface area contributed by atoms with E-state index in [1.807, 2.05) is 0 Å². The fourth-order valence-corrected chi connectivity index (χ4v) is 4.05. The maximum atomic E-state index is 2.37. The maximum Gasteiger partial charge on any atom is 0.0464 e. The van der Waals surface area contributed by atoms with E-state index in [0.717, 1.165) is 24.5 Å². The van der Waals surface area contributed by atoms with Crippen molar-refractivity contribution in [3.63, 3.8) is 0 Å². The second-order valence-electron chi connectivity index (χ2n) is 7.78. The SMILES string of the molecule is CCN(CC)c1ccc(-c2ccc(N(c3ccccc3)c3cccc(C)c3)cc2)cc1. The average molecular weight is 407 g/mol. The molecule has 0 amide bonds. The highest BCUT2D eigenvalue weighted by Crippen LogP contribution is 2.35. The van der Waals surface area contributed by atoms with Crippen LogP contribution in [-0.4, -0.2) is 13.1 Å². The Bertz CT molecular complexity index is 1100. The Kier molecular flexibility index (Phi) is 6.37. The summed E-state index contributed by atoms with van der Waals surface area (Å²) in [4.78, 5) is 4.67. The first kappa shape index (κ1) is 20.7. The molecule has 4 aromatic rings. The second kappa shape index (κ2) is 9.53. The van der Waals surface area contributed by atoms with E-state index in [1.165, 1.54) is 28.1 Å². The molecule has 2 heteroatoms. The molecule has 0 spiro atoms. The minimum atomic E-state index is 1.03. The van der Waals surface area contributed by atoms with Gasteiger partial charge in [0, 0.05) is 35.8 Å². The number of nitrogens with zero attached hydrogens (tertiary/aromatic N) is 2. The normalized spacial score (nSPS) is 10.7. The topological polar surface area (TPSA) is 6.48 Å². The van der Waals surface area contributed by atoms with Crippen LogP contribution in [-0.2, 0) is 0 Å². The van der Waals surface area contributed by atoms with Gasteiger partial charge in [0.2, 0.25) is 0 Å². The molecule has 0 saturated heterocycles. The van der Waals surface area contributed by atoms with E-state index in [2.05, 4.69) is 134 Å². The van der Waals surface area contributed by atoms with E-state index in [-0.39, 0.29) is 0 Å². The Morgan fingerprint density at radius 2 is 1.03 bits per heavy atom. The standard InChI is InChI=1S/C29H30N2/c1-4-30(5-2)26-18-14-24(15-19-26)25-16-20-28(21-17-25)31(27-11-7-6-8-12-27)29-13-9-10-23(3)22-29/h6-22H,4-5H2,1-3H3. The molecule has 4 aromatic carbocycles. The molecule has 4 rings (SSSR count). The number of rotatable bonds is 7. The predicted octanol–water partition coefficient (Wildman–Crippen LogP) is 7.98. The lowest BCUT2D eigenvalue weighted by Crippen LogP contribution is -2.21. The molecule has 0 aliphatic carbocycles. The minimum absolute atomic E-state index is 1.03.